The van der Waals surface area contributed by atoms with Crippen molar-refractivity contribution in [2.75, 3.05) is 13.7 Å². The molecule has 0 heterocycles. The maximum atomic E-state index is 5.61. The van der Waals surface area contributed by atoms with E-state index in [9.17, 15) is 0 Å². The Morgan fingerprint density at radius 1 is 1.32 bits per heavy atom. The van der Waals surface area contributed by atoms with E-state index in [2.05, 4.69) is 18.3 Å². The lowest BCUT2D eigenvalue weighted by molar-refractivity contribution is 0.308. The Labute approximate surface area is 116 Å². The van der Waals surface area contributed by atoms with Gasteiger partial charge in [-0.05, 0) is 31.7 Å². The van der Waals surface area contributed by atoms with Gasteiger partial charge in [-0.3, -0.25) is 0 Å². The Hall–Kier alpha value is -1.22. The summed E-state index contributed by atoms with van der Waals surface area (Å²) in [5, 5.41) is 3.66. The smallest absolute Gasteiger partial charge is 0.165 e. The van der Waals surface area contributed by atoms with Crippen LogP contribution >= 0.6 is 0 Å². The molecule has 0 aliphatic heterocycles. The number of benzene rings is 1. The van der Waals surface area contributed by atoms with Crippen molar-refractivity contribution in [1.29, 1.82) is 0 Å². The zero-order valence-corrected chi connectivity index (χ0v) is 12.2. The molecule has 1 saturated carbocycles. The van der Waals surface area contributed by atoms with Gasteiger partial charge < -0.3 is 14.8 Å². The maximum absolute atomic E-state index is 5.61. The first-order valence-corrected chi connectivity index (χ1v) is 7.28. The molecule has 0 aromatic heterocycles. The summed E-state index contributed by atoms with van der Waals surface area (Å²) in [6.45, 7) is 5.83. The highest BCUT2D eigenvalue weighted by Gasteiger charge is 2.23. The highest BCUT2D eigenvalue weighted by Crippen LogP contribution is 2.32. The van der Waals surface area contributed by atoms with E-state index < -0.39 is 0 Å². The van der Waals surface area contributed by atoms with E-state index in [1.165, 1.54) is 24.8 Å². The summed E-state index contributed by atoms with van der Waals surface area (Å²) in [6.07, 6.45) is 3.97. The maximum Gasteiger partial charge on any atom is 0.165 e. The minimum atomic E-state index is 0.639. The number of para-hydroxylation sites is 1. The molecule has 1 N–H and O–H groups in total. The Morgan fingerprint density at radius 3 is 2.79 bits per heavy atom. The van der Waals surface area contributed by atoms with Gasteiger partial charge in [0.2, 0.25) is 0 Å². The quantitative estimate of drug-likeness (QED) is 0.853. The van der Waals surface area contributed by atoms with E-state index in [-0.39, 0.29) is 0 Å². The molecule has 0 spiro atoms. The molecule has 1 aromatic carbocycles. The minimum Gasteiger partial charge on any atom is -0.493 e. The number of rotatable bonds is 6. The first-order chi connectivity index (χ1) is 9.26. The van der Waals surface area contributed by atoms with Crippen LogP contribution in [0.5, 0.6) is 11.5 Å². The van der Waals surface area contributed by atoms with Crippen LogP contribution in [0.2, 0.25) is 0 Å². The molecule has 1 aliphatic rings. The zero-order valence-electron chi connectivity index (χ0n) is 12.2. The first kappa shape index (κ1) is 14.2. The summed E-state index contributed by atoms with van der Waals surface area (Å²) < 4.78 is 11.1. The number of ether oxygens (including phenoxy) is 2. The number of hydrogen-bond donors (Lipinski definition) is 1. The van der Waals surface area contributed by atoms with Crippen molar-refractivity contribution < 1.29 is 9.47 Å². The lowest BCUT2D eigenvalue weighted by Gasteiger charge is -2.19. The second kappa shape index (κ2) is 6.80. The molecule has 3 heteroatoms. The molecule has 0 amide bonds. The molecule has 0 radical (unpaired) electrons. The highest BCUT2D eigenvalue weighted by molar-refractivity contribution is 5.46. The number of nitrogens with one attached hydrogen (secondary N) is 1. The standard InChI is InChI=1S/C16H25NO2/c1-4-19-15-10-6-8-13(16(15)18-3)11-17-14-9-5-7-12(14)2/h6,8,10,12,14,17H,4-5,7,9,11H2,1-3H3. The second-order valence-electron chi connectivity index (χ2n) is 5.28. The number of hydrogen-bond acceptors (Lipinski definition) is 3. The van der Waals surface area contributed by atoms with Gasteiger partial charge in [0.05, 0.1) is 13.7 Å². The molecule has 2 unspecified atom stereocenters. The normalized spacial score (nSPS) is 22.5. The van der Waals surface area contributed by atoms with E-state index in [0.29, 0.717) is 12.6 Å². The van der Waals surface area contributed by atoms with Gasteiger partial charge >= 0.3 is 0 Å². The van der Waals surface area contributed by atoms with E-state index >= 15 is 0 Å². The molecule has 0 bridgehead atoms. The average Bonchev–Trinajstić information content (AvgIpc) is 2.82. The van der Waals surface area contributed by atoms with Crippen LogP contribution in [0.15, 0.2) is 18.2 Å². The SMILES string of the molecule is CCOc1cccc(CNC2CCCC2C)c1OC. The number of methoxy groups -OCH3 is 1. The van der Waals surface area contributed by atoms with Crippen LogP contribution in [0, 0.1) is 5.92 Å². The summed E-state index contributed by atoms with van der Waals surface area (Å²) >= 11 is 0. The predicted octanol–water partition coefficient (Wildman–Crippen LogP) is 3.37. The monoisotopic (exact) mass is 263 g/mol. The highest BCUT2D eigenvalue weighted by atomic mass is 16.5. The van der Waals surface area contributed by atoms with Gasteiger partial charge in [-0.2, -0.15) is 0 Å². The third-order valence-electron chi connectivity index (χ3n) is 3.98. The molecule has 2 atom stereocenters. The van der Waals surface area contributed by atoms with Crippen LogP contribution in [0.3, 0.4) is 0 Å². The fourth-order valence-electron chi connectivity index (χ4n) is 2.89. The van der Waals surface area contributed by atoms with E-state index in [1.54, 1.807) is 7.11 Å². The Morgan fingerprint density at radius 2 is 2.16 bits per heavy atom. The second-order valence-corrected chi connectivity index (χ2v) is 5.28. The third-order valence-corrected chi connectivity index (χ3v) is 3.98. The molecule has 106 valence electrons. The molecular formula is C16H25NO2. The van der Waals surface area contributed by atoms with E-state index in [1.807, 2.05) is 19.1 Å². The Bertz CT molecular complexity index is 406. The molecule has 1 aliphatic carbocycles. The summed E-state index contributed by atoms with van der Waals surface area (Å²) in [4.78, 5) is 0. The summed E-state index contributed by atoms with van der Waals surface area (Å²) in [6, 6.07) is 6.74. The van der Waals surface area contributed by atoms with Crippen molar-refractivity contribution in [1.82, 2.24) is 5.32 Å². The van der Waals surface area contributed by atoms with Gasteiger partial charge in [-0.1, -0.05) is 25.5 Å². The first-order valence-electron chi connectivity index (χ1n) is 7.28. The average molecular weight is 263 g/mol. The summed E-state index contributed by atoms with van der Waals surface area (Å²) in [5.41, 5.74) is 1.17. The van der Waals surface area contributed by atoms with Crippen molar-refractivity contribution in [3.63, 3.8) is 0 Å². The summed E-state index contributed by atoms with van der Waals surface area (Å²) in [5.74, 6) is 2.48. The fraction of sp³-hybridized carbons (Fsp3) is 0.625. The van der Waals surface area contributed by atoms with Gasteiger partial charge in [-0.25, -0.2) is 0 Å². The Balaban J connectivity index is 2.04. The van der Waals surface area contributed by atoms with Crippen LogP contribution in [0.4, 0.5) is 0 Å². The Kier molecular flexibility index (Phi) is 5.08. The molecular weight excluding hydrogens is 238 g/mol. The molecule has 2 rings (SSSR count). The van der Waals surface area contributed by atoms with Gasteiger partial charge in [0.25, 0.3) is 0 Å². The molecule has 19 heavy (non-hydrogen) atoms. The lowest BCUT2D eigenvalue weighted by Crippen LogP contribution is -2.30. The van der Waals surface area contributed by atoms with Gasteiger partial charge in [0, 0.05) is 18.2 Å². The molecule has 0 saturated heterocycles. The van der Waals surface area contributed by atoms with Crippen molar-refractivity contribution in [3.05, 3.63) is 23.8 Å². The minimum absolute atomic E-state index is 0.639. The fourth-order valence-corrected chi connectivity index (χ4v) is 2.89. The predicted molar refractivity (Wildman–Crippen MR) is 77.8 cm³/mol. The third kappa shape index (κ3) is 3.41. The molecule has 1 fully saturated rings. The zero-order chi connectivity index (χ0) is 13.7. The van der Waals surface area contributed by atoms with Gasteiger partial charge in [0.1, 0.15) is 0 Å². The van der Waals surface area contributed by atoms with Crippen LogP contribution in [0.1, 0.15) is 38.7 Å². The van der Waals surface area contributed by atoms with Crippen molar-refractivity contribution in [2.24, 2.45) is 5.92 Å². The van der Waals surface area contributed by atoms with Crippen molar-refractivity contribution in [2.45, 2.75) is 45.7 Å². The van der Waals surface area contributed by atoms with Crippen molar-refractivity contribution >= 4 is 0 Å². The van der Waals surface area contributed by atoms with Crippen LogP contribution in [-0.4, -0.2) is 19.8 Å². The lowest BCUT2D eigenvalue weighted by atomic mass is 10.1. The summed E-state index contributed by atoms with van der Waals surface area (Å²) in [7, 11) is 1.71. The van der Waals surface area contributed by atoms with E-state index in [4.69, 9.17) is 9.47 Å². The van der Waals surface area contributed by atoms with Gasteiger partial charge in [0.15, 0.2) is 11.5 Å². The van der Waals surface area contributed by atoms with Crippen molar-refractivity contribution in [3.8, 4) is 11.5 Å². The topological polar surface area (TPSA) is 30.5 Å². The van der Waals surface area contributed by atoms with E-state index in [0.717, 1.165) is 24.0 Å². The van der Waals surface area contributed by atoms with Crippen LogP contribution < -0.4 is 14.8 Å². The van der Waals surface area contributed by atoms with Crippen LogP contribution in [0.25, 0.3) is 0 Å². The van der Waals surface area contributed by atoms with Gasteiger partial charge in [-0.15, -0.1) is 0 Å². The van der Waals surface area contributed by atoms with Crippen LogP contribution in [-0.2, 0) is 6.54 Å². The molecule has 1 aromatic rings. The molecule has 3 nitrogen and oxygen atoms in total. The largest absolute Gasteiger partial charge is 0.493 e.